The van der Waals surface area contributed by atoms with Crippen molar-refractivity contribution in [3.8, 4) is 11.1 Å². The lowest BCUT2D eigenvalue weighted by atomic mass is 10.0. The number of ether oxygens (including phenoxy) is 2. The Morgan fingerprint density at radius 2 is 1.57 bits per heavy atom. The summed E-state index contributed by atoms with van der Waals surface area (Å²) in [6, 6.07) is 18.6. The highest BCUT2D eigenvalue weighted by molar-refractivity contribution is 5.63. The Bertz CT molecular complexity index is 511. The van der Waals surface area contributed by atoms with Crippen molar-refractivity contribution in [3.05, 3.63) is 60.2 Å². The van der Waals surface area contributed by atoms with E-state index in [1.165, 1.54) is 11.1 Å². The van der Waals surface area contributed by atoms with Crippen LogP contribution in [0.5, 0.6) is 0 Å². The molecular formula is C18H23NO2. The quantitative estimate of drug-likeness (QED) is 0.756. The van der Waals surface area contributed by atoms with E-state index in [2.05, 4.69) is 36.4 Å². The third-order valence-electron chi connectivity index (χ3n) is 3.38. The van der Waals surface area contributed by atoms with Crippen molar-refractivity contribution < 1.29 is 9.47 Å². The fourth-order valence-corrected chi connectivity index (χ4v) is 2.17. The van der Waals surface area contributed by atoms with Crippen LogP contribution in [0.3, 0.4) is 0 Å². The summed E-state index contributed by atoms with van der Waals surface area (Å²) in [5.41, 5.74) is 9.66. The smallest absolute Gasteiger partial charge is 0.0659 e. The number of methoxy groups -OCH3 is 1. The molecule has 3 heteroatoms. The molecule has 112 valence electrons. The molecule has 0 saturated heterocycles. The molecule has 0 heterocycles. The van der Waals surface area contributed by atoms with Crippen molar-refractivity contribution >= 4 is 0 Å². The van der Waals surface area contributed by atoms with E-state index in [0.717, 1.165) is 18.6 Å². The Hall–Kier alpha value is -1.68. The SMILES string of the molecule is COCCCOCC(N)c1ccc(-c2ccccc2)cc1. The summed E-state index contributed by atoms with van der Waals surface area (Å²) in [6.45, 7) is 1.94. The molecule has 1 atom stereocenters. The number of benzene rings is 2. The second-order valence-corrected chi connectivity index (χ2v) is 5.02. The van der Waals surface area contributed by atoms with E-state index in [9.17, 15) is 0 Å². The van der Waals surface area contributed by atoms with Gasteiger partial charge in [-0.1, -0.05) is 54.6 Å². The first kappa shape index (κ1) is 15.7. The highest BCUT2D eigenvalue weighted by Crippen LogP contribution is 2.21. The third-order valence-corrected chi connectivity index (χ3v) is 3.38. The molecule has 0 aliphatic rings. The van der Waals surface area contributed by atoms with E-state index in [1.807, 2.05) is 18.2 Å². The molecule has 0 amide bonds. The number of nitrogens with two attached hydrogens (primary N) is 1. The average molecular weight is 285 g/mol. The van der Waals surface area contributed by atoms with Crippen LogP contribution in [0.4, 0.5) is 0 Å². The van der Waals surface area contributed by atoms with Crippen LogP contribution >= 0.6 is 0 Å². The van der Waals surface area contributed by atoms with Gasteiger partial charge in [0.2, 0.25) is 0 Å². The summed E-state index contributed by atoms with van der Waals surface area (Å²) in [5.74, 6) is 0. The molecule has 2 aromatic rings. The third kappa shape index (κ3) is 4.97. The van der Waals surface area contributed by atoms with Gasteiger partial charge in [-0.15, -0.1) is 0 Å². The summed E-state index contributed by atoms with van der Waals surface area (Å²) in [4.78, 5) is 0. The maximum Gasteiger partial charge on any atom is 0.0659 e. The van der Waals surface area contributed by atoms with Crippen LogP contribution in [0, 0.1) is 0 Å². The van der Waals surface area contributed by atoms with Crippen LogP contribution in [0.25, 0.3) is 11.1 Å². The molecule has 2 aromatic carbocycles. The number of hydrogen-bond acceptors (Lipinski definition) is 3. The standard InChI is InChI=1S/C18H23NO2/c1-20-12-5-13-21-14-18(19)17-10-8-16(9-11-17)15-6-3-2-4-7-15/h2-4,6-11,18H,5,12-14,19H2,1H3. The monoisotopic (exact) mass is 285 g/mol. The van der Waals surface area contributed by atoms with Gasteiger partial charge in [-0.2, -0.15) is 0 Å². The molecule has 0 bridgehead atoms. The van der Waals surface area contributed by atoms with Gasteiger partial charge in [0.1, 0.15) is 0 Å². The lowest BCUT2D eigenvalue weighted by Crippen LogP contribution is -2.17. The minimum absolute atomic E-state index is 0.0858. The predicted molar refractivity (Wildman–Crippen MR) is 86.1 cm³/mol. The Morgan fingerprint density at radius 1 is 0.905 bits per heavy atom. The molecule has 21 heavy (non-hydrogen) atoms. The van der Waals surface area contributed by atoms with Crippen LogP contribution < -0.4 is 5.73 Å². The molecule has 0 fully saturated rings. The maximum absolute atomic E-state index is 6.14. The van der Waals surface area contributed by atoms with Crippen LogP contribution in [-0.2, 0) is 9.47 Å². The molecule has 2 N–H and O–H groups in total. The zero-order valence-electron chi connectivity index (χ0n) is 12.5. The summed E-state index contributed by atoms with van der Waals surface area (Å²) in [6.07, 6.45) is 0.899. The molecule has 0 aliphatic carbocycles. The highest BCUT2D eigenvalue weighted by Gasteiger charge is 2.06. The van der Waals surface area contributed by atoms with Gasteiger partial charge in [0.05, 0.1) is 12.6 Å². The fraction of sp³-hybridized carbons (Fsp3) is 0.333. The summed E-state index contributed by atoms with van der Waals surface area (Å²) < 4.78 is 10.5. The minimum Gasteiger partial charge on any atom is -0.385 e. The van der Waals surface area contributed by atoms with E-state index in [1.54, 1.807) is 7.11 Å². The van der Waals surface area contributed by atoms with Gasteiger partial charge in [-0.3, -0.25) is 0 Å². The van der Waals surface area contributed by atoms with Gasteiger partial charge in [-0.25, -0.2) is 0 Å². The summed E-state index contributed by atoms with van der Waals surface area (Å²) in [5, 5.41) is 0. The molecule has 0 aromatic heterocycles. The molecule has 0 saturated carbocycles. The van der Waals surface area contributed by atoms with Gasteiger partial charge >= 0.3 is 0 Å². The maximum atomic E-state index is 6.14. The van der Waals surface area contributed by atoms with Crippen molar-refractivity contribution in [2.45, 2.75) is 12.5 Å². The van der Waals surface area contributed by atoms with Gasteiger partial charge in [0.15, 0.2) is 0 Å². The van der Waals surface area contributed by atoms with Crippen molar-refractivity contribution in [3.63, 3.8) is 0 Å². The van der Waals surface area contributed by atoms with Crippen LogP contribution in [-0.4, -0.2) is 26.9 Å². The second-order valence-electron chi connectivity index (χ2n) is 5.02. The van der Waals surface area contributed by atoms with Crippen molar-refractivity contribution in [2.75, 3.05) is 26.9 Å². The van der Waals surface area contributed by atoms with E-state index >= 15 is 0 Å². The molecule has 0 radical (unpaired) electrons. The zero-order chi connectivity index (χ0) is 14.9. The molecule has 2 rings (SSSR count). The molecule has 1 unspecified atom stereocenters. The van der Waals surface area contributed by atoms with E-state index in [0.29, 0.717) is 13.2 Å². The Kier molecular flexibility index (Phi) is 6.41. The normalized spacial score (nSPS) is 12.3. The van der Waals surface area contributed by atoms with E-state index in [-0.39, 0.29) is 6.04 Å². The minimum atomic E-state index is -0.0858. The topological polar surface area (TPSA) is 44.5 Å². The van der Waals surface area contributed by atoms with Gasteiger partial charge in [0.25, 0.3) is 0 Å². The molecule has 0 spiro atoms. The Morgan fingerprint density at radius 3 is 2.24 bits per heavy atom. The Balaban J connectivity index is 1.87. The van der Waals surface area contributed by atoms with Gasteiger partial charge < -0.3 is 15.2 Å². The highest BCUT2D eigenvalue weighted by atomic mass is 16.5. The first-order valence-corrected chi connectivity index (χ1v) is 7.29. The van der Waals surface area contributed by atoms with Crippen LogP contribution in [0.1, 0.15) is 18.0 Å². The predicted octanol–water partition coefficient (Wildman–Crippen LogP) is 3.41. The van der Waals surface area contributed by atoms with Gasteiger partial charge in [0, 0.05) is 20.3 Å². The van der Waals surface area contributed by atoms with Crippen LogP contribution in [0.2, 0.25) is 0 Å². The van der Waals surface area contributed by atoms with Crippen molar-refractivity contribution in [1.82, 2.24) is 0 Å². The van der Waals surface area contributed by atoms with E-state index in [4.69, 9.17) is 15.2 Å². The molecule has 3 nitrogen and oxygen atoms in total. The lowest BCUT2D eigenvalue weighted by molar-refractivity contribution is 0.0940. The fourth-order valence-electron chi connectivity index (χ4n) is 2.17. The van der Waals surface area contributed by atoms with Crippen molar-refractivity contribution in [1.29, 1.82) is 0 Å². The largest absolute Gasteiger partial charge is 0.385 e. The molecule has 0 aliphatic heterocycles. The average Bonchev–Trinajstić information content (AvgIpc) is 2.55. The summed E-state index contributed by atoms with van der Waals surface area (Å²) >= 11 is 0. The number of rotatable bonds is 8. The summed E-state index contributed by atoms with van der Waals surface area (Å²) in [7, 11) is 1.69. The second kappa shape index (κ2) is 8.57. The Labute approximate surface area is 126 Å². The van der Waals surface area contributed by atoms with Crippen molar-refractivity contribution in [2.24, 2.45) is 5.73 Å². The first-order chi connectivity index (χ1) is 10.3. The van der Waals surface area contributed by atoms with Crippen LogP contribution in [0.15, 0.2) is 54.6 Å². The lowest BCUT2D eigenvalue weighted by Gasteiger charge is -2.13. The first-order valence-electron chi connectivity index (χ1n) is 7.29. The molecular weight excluding hydrogens is 262 g/mol. The zero-order valence-corrected chi connectivity index (χ0v) is 12.5. The van der Waals surface area contributed by atoms with E-state index < -0.39 is 0 Å². The van der Waals surface area contributed by atoms with Gasteiger partial charge in [-0.05, 0) is 23.1 Å². The number of hydrogen-bond donors (Lipinski definition) is 1.